The van der Waals surface area contributed by atoms with Crippen LogP contribution in [-0.2, 0) is 10.2 Å². The van der Waals surface area contributed by atoms with Gasteiger partial charge in [0.05, 0.1) is 29.2 Å². The molecule has 4 rings (SSSR count). The number of pyridine rings is 1. The zero-order chi connectivity index (χ0) is 14.4. The summed E-state index contributed by atoms with van der Waals surface area (Å²) in [5, 5.41) is 0.597. The molecule has 0 amide bonds. The first-order chi connectivity index (χ1) is 10.2. The first-order valence-corrected chi connectivity index (χ1v) is 7.70. The van der Waals surface area contributed by atoms with Gasteiger partial charge in [-0.2, -0.15) is 0 Å². The Bertz CT molecular complexity index is 811. The molecule has 1 saturated heterocycles. The number of aromatic nitrogens is 3. The predicted octanol–water partition coefficient (Wildman–Crippen LogP) is 3.69. The number of fused-ring (bicyclic) bond motifs is 1. The largest absolute Gasteiger partial charge is 0.378 e. The van der Waals surface area contributed by atoms with E-state index in [1.54, 1.807) is 6.20 Å². The lowest BCUT2D eigenvalue weighted by molar-refractivity contribution is -0.0416. The van der Waals surface area contributed by atoms with Crippen molar-refractivity contribution in [2.45, 2.75) is 5.41 Å². The van der Waals surface area contributed by atoms with Crippen LogP contribution in [0.1, 0.15) is 11.4 Å². The maximum Gasteiger partial charge on any atom is 0.177 e. The van der Waals surface area contributed by atoms with Crippen LogP contribution in [-0.4, -0.2) is 28.2 Å². The maximum absolute atomic E-state index is 5.98. The number of benzene rings is 1. The second-order valence-electron chi connectivity index (χ2n) is 5.19. The van der Waals surface area contributed by atoms with Gasteiger partial charge in [-0.1, -0.05) is 39.7 Å². The summed E-state index contributed by atoms with van der Waals surface area (Å²) in [6.45, 7) is 1.23. The summed E-state index contributed by atoms with van der Waals surface area (Å²) in [4.78, 5) is 12.2. The van der Waals surface area contributed by atoms with Gasteiger partial charge in [-0.05, 0) is 23.8 Å². The van der Waals surface area contributed by atoms with Gasteiger partial charge in [-0.3, -0.25) is 0 Å². The molecule has 3 heterocycles. The molecule has 6 heteroatoms. The van der Waals surface area contributed by atoms with Gasteiger partial charge >= 0.3 is 0 Å². The normalized spacial score (nSPS) is 16.9. The van der Waals surface area contributed by atoms with E-state index in [2.05, 4.69) is 43.0 Å². The summed E-state index contributed by atoms with van der Waals surface area (Å²) in [7, 11) is 0. The molecule has 1 aliphatic heterocycles. The average molecular weight is 365 g/mol. The number of nitrogens with zero attached hydrogens (tertiary/aromatic N) is 2. The third kappa shape index (κ3) is 2.08. The molecule has 0 atom stereocenters. The van der Waals surface area contributed by atoms with Crippen molar-refractivity contribution in [3.05, 3.63) is 57.4 Å². The molecule has 0 radical (unpaired) electrons. The number of hydrogen-bond acceptors (Lipinski definition) is 3. The maximum atomic E-state index is 5.98. The quantitative estimate of drug-likeness (QED) is 0.754. The van der Waals surface area contributed by atoms with Crippen LogP contribution in [0.5, 0.6) is 0 Å². The van der Waals surface area contributed by atoms with Crippen molar-refractivity contribution >= 4 is 38.7 Å². The van der Waals surface area contributed by atoms with Crippen LogP contribution in [0.2, 0.25) is 5.02 Å². The number of rotatable bonds is 2. The van der Waals surface area contributed by atoms with Crippen LogP contribution in [0.25, 0.3) is 11.2 Å². The lowest BCUT2D eigenvalue weighted by Gasteiger charge is -2.40. The van der Waals surface area contributed by atoms with Gasteiger partial charge < -0.3 is 9.72 Å². The fourth-order valence-corrected chi connectivity index (χ4v) is 3.04. The van der Waals surface area contributed by atoms with E-state index in [1.165, 1.54) is 5.56 Å². The van der Waals surface area contributed by atoms with Crippen LogP contribution in [0.4, 0.5) is 0 Å². The number of hydrogen-bond donors (Lipinski definition) is 1. The summed E-state index contributed by atoms with van der Waals surface area (Å²) in [5.41, 5.74) is 2.48. The van der Waals surface area contributed by atoms with Gasteiger partial charge in [-0.25, -0.2) is 9.97 Å². The number of H-pyrrole nitrogens is 1. The molecule has 21 heavy (non-hydrogen) atoms. The van der Waals surface area contributed by atoms with Gasteiger partial charge in [-0.15, -0.1) is 0 Å². The lowest BCUT2D eigenvalue weighted by Crippen LogP contribution is -2.48. The molecule has 106 valence electrons. The first kappa shape index (κ1) is 13.2. The van der Waals surface area contributed by atoms with Crippen LogP contribution >= 0.6 is 27.5 Å². The number of aromatic amines is 1. The Hall–Kier alpha value is -1.43. The molecule has 4 nitrogen and oxygen atoms in total. The molecule has 0 spiro atoms. The fourth-order valence-electron chi connectivity index (χ4n) is 2.62. The molecule has 0 saturated carbocycles. The number of halogens is 2. The number of imidazole rings is 1. The Morgan fingerprint density at radius 1 is 1.24 bits per heavy atom. The summed E-state index contributed by atoms with van der Waals surface area (Å²) >= 11 is 9.45. The minimum absolute atomic E-state index is 0.228. The van der Waals surface area contributed by atoms with Crippen LogP contribution in [0.3, 0.4) is 0 Å². The Morgan fingerprint density at radius 2 is 2.00 bits per heavy atom. The average Bonchev–Trinajstić information content (AvgIpc) is 2.82. The van der Waals surface area contributed by atoms with E-state index in [-0.39, 0.29) is 5.41 Å². The third-order valence-corrected chi connectivity index (χ3v) is 4.59. The van der Waals surface area contributed by atoms with Crippen molar-refractivity contribution in [1.29, 1.82) is 0 Å². The monoisotopic (exact) mass is 363 g/mol. The van der Waals surface area contributed by atoms with E-state index < -0.39 is 0 Å². The van der Waals surface area contributed by atoms with Gasteiger partial charge in [0.1, 0.15) is 5.82 Å². The van der Waals surface area contributed by atoms with Crippen LogP contribution in [0, 0.1) is 0 Å². The highest BCUT2D eigenvalue weighted by molar-refractivity contribution is 9.10. The van der Waals surface area contributed by atoms with Gasteiger partial charge in [0.2, 0.25) is 0 Å². The topological polar surface area (TPSA) is 50.8 Å². The summed E-state index contributed by atoms with van der Waals surface area (Å²) in [6.07, 6.45) is 1.61. The van der Waals surface area contributed by atoms with Gasteiger partial charge in [0.25, 0.3) is 0 Å². The molecule has 3 aromatic rings. The van der Waals surface area contributed by atoms with Crippen LogP contribution < -0.4 is 0 Å². The van der Waals surface area contributed by atoms with E-state index >= 15 is 0 Å². The molecule has 0 unspecified atom stereocenters. The van der Waals surface area contributed by atoms with Crippen molar-refractivity contribution in [2.24, 2.45) is 0 Å². The molecule has 2 aromatic heterocycles. The Balaban J connectivity index is 1.85. The highest BCUT2D eigenvalue weighted by Crippen LogP contribution is 2.38. The van der Waals surface area contributed by atoms with E-state index in [0.717, 1.165) is 15.8 Å². The lowest BCUT2D eigenvalue weighted by atomic mass is 9.78. The Labute approximate surface area is 134 Å². The molecule has 1 fully saturated rings. The SMILES string of the molecule is Clc1cnc2nc(C3(c4ccc(Br)cc4)COC3)[nH]c2c1. The first-order valence-electron chi connectivity index (χ1n) is 6.53. The Morgan fingerprint density at radius 3 is 2.67 bits per heavy atom. The zero-order valence-corrected chi connectivity index (χ0v) is 13.3. The highest BCUT2D eigenvalue weighted by Gasteiger charge is 2.45. The standard InChI is InChI=1S/C15H11BrClN3O/c16-10-3-1-9(2-4-10)15(7-21-8-15)14-19-12-5-11(17)6-18-13(12)20-14/h1-6H,7-8H2,(H,18,19,20). The van der Waals surface area contributed by atoms with Gasteiger partial charge in [0, 0.05) is 10.7 Å². The van der Waals surface area contributed by atoms with Crippen molar-refractivity contribution in [3.8, 4) is 0 Å². The summed E-state index contributed by atoms with van der Waals surface area (Å²) < 4.78 is 6.53. The summed E-state index contributed by atoms with van der Waals surface area (Å²) in [6, 6.07) is 10.1. The second-order valence-corrected chi connectivity index (χ2v) is 6.54. The number of nitrogens with one attached hydrogen (secondary N) is 1. The Kier molecular flexibility index (Phi) is 3.03. The summed E-state index contributed by atoms with van der Waals surface area (Å²) in [5.74, 6) is 0.876. The molecular formula is C15H11BrClN3O. The zero-order valence-electron chi connectivity index (χ0n) is 10.9. The van der Waals surface area contributed by atoms with E-state index in [0.29, 0.717) is 23.9 Å². The van der Waals surface area contributed by atoms with Crippen molar-refractivity contribution in [2.75, 3.05) is 13.2 Å². The smallest absolute Gasteiger partial charge is 0.177 e. The predicted molar refractivity (Wildman–Crippen MR) is 84.6 cm³/mol. The van der Waals surface area contributed by atoms with Crippen LogP contribution in [0.15, 0.2) is 41.0 Å². The molecule has 1 aromatic carbocycles. The highest BCUT2D eigenvalue weighted by atomic mass is 79.9. The molecule has 0 aliphatic carbocycles. The molecular weight excluding hydrogens is 354 g/mol. The third-order valence-electron chi connectivity index (χ3n) is 3.85. The second kappa shape index (κ2) is 4.80. The molecule has 1 N–H and O–H groups in total. The molecule has 0 bridgehead atoms. The van der Waals surface area contributed by atoms with E-state index in [1.807, 2.05) is 18.2 Å². The van der Waals surface area contributed by atoms with E-state index in [4.69, 9.17) is 16.3 Å². The number of ether oxygens (including phenoxy) is 1. The van der Waals surface area contributed by atoms with Crippen molar-refractivity contribution < 1.29 is 4.74 Å². The van der Waals surface area contributed by atoms with E-state index in [9.17, 15) is 0 Å². The fraction of sp³-hybridized carbons (Fsp3) is 0.200. The van der Waals surface area contributed by atoms with Gasteiger partial charge in [0.15, 0.2) is 5.65 Å². The van der Waals surface area contributed by atoms with Crippen molar-refractivity contribution in [3.63, 3.8) is 0 Å². The minimum atomic E-state index is -0.228. The van der Waals surface area contributed by atoms with Crippen molar-refractivity contribution in [1.82, 2.24) is 15.0 Å². The minimum Gasteiger partial charge on any atom is -0.378 e. The molecule has 1 aliphatic rings.